The van der Waals surface area contributed by atoms with Crippen molar-refractivity contribution in [2.75, 3.05) is 17.7 Å². The molecule has 0 atom stereocenters. The summed E-state index contributed by atoms with van der Waals surface area (Å²) in [6.07, 6.45) is 2.82. The Morgan fingerprint density at radius 2 is 2.00 bits per heavy atom. The number of nitrogens with zero attached hydrogens (tertiary/aromatic N) is 6. The van der Waals surface area contributed by atoms with E-state index in [1.54, 1.807) is 20.9 Å². The second-order valence-corrected chi connectivity index (χ2v) is 4.49. The zero-order chi connectivity index (χ0) is 14.8. The maximum absolute atomic E-state index is 11.3. The lowest BCUT2D eigenvalue weighted by atomic mass is 10.1. The second kappa shape index (κ2) is 5.07. The molecule has 10 heteroatoms. The topological polar surface area (TPSA) is 137 Å². The zero-order valence-corrected chi connectivity index (χ0v) is 11.3. The minimum Gasteiger partial charge on any atom is -0.368 e. The highest BCUT2D eigenvalue weighted by molar-refractivity contribution is 5.86. The van der Waals surface area contributed by atoms with Crippen LogP contribution in [0.25, 0.3) is 5.95 Å². The number of hydrogen-bond donors (Lipinski definition) is 3. The van der Waals surface area contributed by atoms with Crippen LogP contribution in [0.5, 0.6) is 0 Å². The van der Waals surface area contributed by atoms with Gasteiger partial charge in [-0.3, -0.25) is 4.79 Å². The second-order valence-electron chi connectivity index (χ2n) is 4.49. The maximum Gasteiger partial charge on any atom is 0.258 e. The molecule has 0 saturated carbocycles. The van der Waals surface area contributed by atoms with Crippen molar-refractivity contribution in [3.8, 4) is 5.95 Å². The highest BCUT2D eigenvalue weighted by atomic mass is 16.1. The van der Waals surface area contributed by atoms with Crippen molar-refractivity contribution in [2.45, 2.75) is 19.4 Å². The van der Waals surface area contributed by atoms with E-state index in [9.17, 15) is 4.79 Å². The van der Waals surface area contributed by atoms with Crippen molar-refractivity contribution in [3.63, 3.8) is 0 Å². The van der Waals surface area contributed by atoms with Crippen molar-refractivity contribution < 1.29 is 4.79 Å². The Labute approximate surface area is 114 Å². The van der Waals surface area contributed by atoms with E-state index >= 15 is 0 Å². The molecule has 0 aliphatic heterocycles. The van der Waals surface area contributed by atoms with E-state index in [0.29, 0.717) is 5.95 Å². The summed E-state index contributed by atoms with van der Waals surface area (Å²) >= 11 is 0. The first-order chi connectivity index (χ1) is 9.42. The lowest BCUT2D eigenvalue weighted by Crippen LogP contribution is -2.45. The number of hydrogen-bond acceptors (Lipinski definition) is 8. The number of primary amides is 1. The van der Waals surface area contributed by atoms with Gasteiger partial charge in [0.15, 0.2) is 0 Å². The molecule has 4 N–H and O–H groups in total. The van der Waals surface area contributed by atoms with Crippen LogP contribution in [0.1, 0.15) is 13.8 Å². The van der Waals surface area contributed by atoms with Gasteiger partial charge in [0, 0.05) is 7.05 Å². The SMILES string of the molecule is CNc1nc(NC(C)(C)C(N)=O)nc(-n2cncn2)n1. The van der Waals surface area contributed by atoms with E-state index in [-0.39, 0.29) is 11.9 Å². The van der Waals surface area contributed by atoms with Gasteiger partial charge in [-0.15, -0.1) is 0 Å². The van der Waals surface area contributed by atoms with Crippen molar-refractivity contribution in [1.29, 1.82) is 0 Å². The van der Waals surface area contributed by atoms with Crippen LogP contribution >= 0.6 is 0 Å². The molecule has 0 spiro atoms. The Morgan fingerprint density at radius 3 is 2.55 bits per heavy atom. The number of rotatable bonds is 5. The fourth-order valence-electron chi connectivity index (χ4n) is 1.29. The van der Waals surface area contributed by atoms with Gasteiger partial charge in [-0.05, 0) is 13.8 Å². The molecule has 0 aliphatic rings. The number of aromatic nitrogens is 6. The summed E-state index contributed by atoms with van der Waals surface area (Å²) in [7, 11) is 1.67. The van der Waals surface area contributed by atoms with Gasteiger partial charge in [0.1, 0.15) is 18.2 Å². The molecule has 2 aromatic rings. The third-order valence-corrected chi connectivity index (χ3v) is 2.51. The summed E-state index contributed by atoms with van der Waals surface area (Å²) in [4.78, 5) is 27.6. The van der Waals surface area contributed by atoms with Crippen LogP contribution < -0.4 is 16.4 Å². The van der Waals surface area contributed by atoms with Gasteiger partial charge >= 0.3 is 0 Å². The Morgan fingerprint density at radius 1 is 1.30 bits per heavy atom. The van der Waals surface area contributed by atoms with Gasteiger partial charge < -0.3 is 16.4 Å². The summed E-state index contributed by atoms with van der Waals surface area (Å²) in [6, 6.07) is 0. The van der Waals surface area contributed by atoms with Crippen LogP contribution in [-0.4, -0.2) is 48.2 Å². The van der Waals surface area contributed by atoms with Gasteiger partial charge in [0.05, 0.1) is 0 Å². The molecule has 2 aromatic heterocycles. The minimum atomic E-state index is -0.994. The molecule has 20 heavy (non-hydrogen) atoms. The number of nitrogens with one attached hydrogen (secondary N) is 2. The number of anilines is 2. The Bertz CT molecular complexity index is 607. The molecule has 10 nitrogen and oxygen atoms in total. The maximum atomic E-state index is 11.3. The van der Waals surface area contributed by atoms with Crippen LogP contribution in [0.2, 0.25) is 0 Å². The number of nitrogens with two attached hydrogens (primary N) is 1. The predicted molar refractivity (Wildman–Crippen MR) is 71.2 cm³/mol. The molecular weight excluding hydrogens is 262 g/mol. The largest absolute Gasteiger partial charge is 0.368 e. The number of amides is 1. The average molecular weight is 277 g/mol. The number of carbonyl (C=O) groups excluding carboxylic acids is 1. The molecule has 2 heterocycles. The summed E-state index contributed by atoms with van der Waals surface area (Å²) in [6.45, 7) is 3.26. The average Bonchev–Trinajstić information content (AvgIpc) is 2.91. The minimum absolute atomic E-state index is 0.207. The molecule has 0 radical (unpaired) electrons. The summed E-state index contributed by atoms with van der Waals surface area (Å²) in [5.41, 5.74) is 4.31. The fraction of sp³-hybridized carbons (Fsp3) is 0.400. The standard InChI is InChI=1S/C10H15N9O/c1-10(2,6(11)20)18-8-15-7(12-3)16-9(17-8)19-5-13-4-14-19/h4-5H,1-3H3,(H2,11,20)(H2,12,15,16,17,18). The van der Waals surface area contributed by atoms with E-state index < -0.39 is 11.4 Å². The molecule has 0 unspecified atom stereocenters. The van der Waals surface area contributed by atoms with E-state index in [1.165, 1.54) is 17.3 Å². The van der Waals surface area contributed by atoms with Gasteiger partial charge in [0.2, 0.25) is 17.8 Å². The quantitative estimate of drug-likeness (QED) is 0.644. The first kappa shape index (κ1) is 13.6. The monoisotopic (exact) mass is 277 g/mol. The number of carbonyl (C=O) groups is 1. The van der Waals surface area contributed by atoms with Crippen molar-refractivity contribution >= 4 is 17.8 Å². The highest BCUT2D eigenvalue weighted by Crippen LogP contribution is 2.13. The van der Waals surface area contributed by atoms with E-state index in [0.717, 1.165) is 0 Å². The first-order valence-corrected chi connectivity index (χ1v) is 5.79. The Kier molecular flexibility index (Phi) is 3.46. The van der Waals surface area contributed by atoms with Crippen LogP contribution in [0.3, 0.4) is 0 Å². The summed E-state index contributed by atoms with van der Waals surface area (Å²) in [5, 5.41) is 9.60. The van der Waals surface area contributed by atoms with E-state index in [2.05, 4.69) is 35.7 Å². The Balaban J connectivity index is 2.39. The highest BCUT2D eigenvalue weighted by Gasteiger charge is 2.26. The normalized spacial score (nSPS) is 11.2. The molecule has 0 bridgehead atoms. The molecular formula is C10H15N9O. The molecule has 0 saturated heterocycles. The predicted octanol–water partition coefficient (Wildman–Crippen LogP) is -0.830. The van der Waals surface area contributed by atoms with Crippen LogP contribution in [0.15, 0.2) is 12.7 Å². The zero-order valence-electron chi connectivity index (χ0n) is 11.3. The van der Waals surface area contributed by atoms with Crippen molar-refractivity contribution in [2.24, 2.45) is 5.73 Å². The molecule has 0 aromatic carbocycles. The lowest BCUT2D eigenvalue weighted by Gasteiger charge is -2.22. The summed E-state index contributed by atoms with van der Waals surface area (Å²) < 4.78 is 1.38. The molecule has 1 amide bonds. The third-order valence-electron chi connectivity index (χ3n) is 2.51. The fourth-order valence-corrected chi connectivity index (χ4v) is 1.29. The smallest absolute Gasteiger partial charge is 0.258 e. The molecule has 0 fully saturated rings. The van der Waals surface area contributed by atoms with Gasteiger partial charge in [0.25, 0.3) is 5.95 Å². The van der Waals surface area contributed by atoms with E-state index in [1.807, 2.05) is 0 Å². The van der Waals surface area contributed by atoms with Crippen molar-refractivity contribution in [3.05, 3.63) is 12.7 Å². The summed E-state index contributed by atoms with van der Waals surface area (Å²) in [5.74, 6) is 0.280. The van der Waals surface area contributed by atoms with Crippen LogP contribution in [-0.2, 0) is 4.79 Å². The third kappa shape index (κ3) is 2.79. The van der Waals surface area contributed by atoms with Gasteiger partial charge in [-0.25, -0.2) is 4.98 Å². The van der Waals surface area contributed by atoms with Crippen molar-refractivity contribution in [1.82, 2.24) is 29.7 Å². The van der Waals surface area contributed by atoms with Gasteiger partial charge in [-0.2, -0.15) is 24.7 Å². The first-order valence-electron chi connectivity index (χ1n) is 5.79. The van der Waals surface area contributed by atoms with E-state index in [4.69, 9.17) is 5.73 Å². The van der Waals surface area contributed by atoms with Crippen LogP contribution in [0.4, 0.5) is 11.9 Å². The lowest BCUT2D eigenvalue weighted by molar-refractivity contribution is -0.121. The molecule has 0 aliphatic carbocycles. The molecule has 106 valence electrons. The van der Waals surface area contributed by atoms with Gasteiger partial charge in [-0.1, -0.05) is 0 Å². The Hall–Kier alpha value is -2.78. The van der Waals surface area contributed by atoms with Crippen LogP contribution in [0, 0.1) is 0 Å². The molecule has 2 rings (SSSR count).